The van der Waals surface area contributed by atoms with Gasteiger partial charge >= 0.3 is 5.69 Å². The van der Waals surface area contributed by atoms with E-state index in [2.05, 4.69) is 20.5 Å². The normalized spacial score (nSPS) is 10.1. The third kappa shape index (κ3) is 4.22. The first-order valence-corrected chi connectivity index (χ1v) is 7.17. The number of carbonyl (C=O) groups excluding carboxylic acids is 1. The predicted molar refractivity (Wildman–Crippen MR) is 81.6 cm³/mol. The summed E-state index contributed by atoms with van der Waals surface area (Å²) in [6.07, 6.45) is 1.38. The van der Waals surface area contributed by atoms with Crippen molar-refractivity contribution in [2.24, 2.45) is 0 Å². The number of carbonyl (C=O) groups is 1. The maximum Gasteiger partial charge on any atom is 0.362 e. The van der Waals surface area contributed by atoms with Gasteiger partial charge in [-0.1, -0.05) is 11.8 Å². The maximum absolute atomic E-state index is 11.9. The Balaban J connectivity index is 1.96. The Morgan fingerprint density at radius 1 is 1.32 bits per heavy atom. The lowest BCUT2D eigenvalue weighted by Gasteiger charge is -2.10. The second-order valence-corrected chi connectivity index (χ2v) is 5.03. The molecular weight excluding hydrogens is 308 g/mol. The van der Waals surface area contributed by atoms with Crippen LogP contribution < -0.4 is 20.5 Å². The lowest BCUT2D eigenvalue weighted by molar-refractivity contribution is -0.113. The smallest absolute Gasteiger partial charge is 0.362 e. The molecule has 0 unspecified atom stereocenters. The fourth-order valence-corrected chi connectivity index (χ4v) is 2.24. The molecule has 116 valence electrons. The van der Waals surface area contributed by atoms with Gasteiger partial charge in [-0.3, -0.25) is 4.79 Å². The number of hydrogen-bond donors (Lipinski definition) is 2. The number of methoxy groups -OCH3 is 2. The van der Waals surface area contributed by atoms with E-state index in [0.717, 1.165) is 11.8 Å². The first-order chi connectivity index (χ1) is 10.6. The fourth-order valence-electron chi connectivity index (χ4n) is 1.62. The second-order valence-electron chi connectivity index (χ2n) is 4.03. The molecule has 0 spiro atoms. The third-order valence-corrected chi connectivity index (χ3v) is 3.46. The summed E-state index contributed by atoms with van der Waals surface area (Å²) in [5.41, 5.74) is 0.0329. The Bertz CT molecular complexity index is 719. The number of H-pyrrole nitrogens is 1. The summed E-state index contributed by atoms with van der Waals surface area (Å²) >= 11 is 1.12. The molecule has 1 aromatic heterocycles. The Morgan fingerprint density at radius 2 is 2.09 bits per heavy atom. The second kappa shape index (κ2) is 7.46. The van der Waals surface area contributed by atoms with Gasteiger partial charge in [-0.2, -0.15) is 10.1 Å². The van der Waals surface area contributed by atoms with Crippen LogP contribution in [-0.4, -0.2) is 41.1 Å². The molecular formula is C13H14N4O4S. The van der Waals surface area contributed by atoms with E-state index in [9.17, 15) is 9.59 Å². The van der Waals surface area contributed by atoms with Crippen LogP contribution in [0.3, 0.4) is 0 Å². The monoisotopic (exact) mass is 322 g/mol. The van der Waals surface area contributed by atoms with Crippen LogP contribution in [0.4, 0.5) is 5.69 Å². The van der Waals surface area contributed by atoms with Crippen molar-refractivity contribution < 1.29 is 14.3 Å². The molecule has 1 aromatic carbocycles. The molecule has 0 saturated carbocycles. The molecule has 0 radical (unpaired) electrons. The van der Waals surface area contributed by atoms with Gasteiger partial charge in [0.05, 0.1) is 26.2 Å². The zero-order valence-corrected chi connectivity index (χ0v) is 12.8. The number of aromatic nitrogens is 3. The summed E-state index contributed by atoms with van der Waals surface area (Å²) < 4.78 is 10.3. The van der Waals surface area contributed by atoms with Gasteiger partial charge in [0.15, 0.2) is 11.5 Å². The molecule has 0 saturated heterocycles. The quantitative estimate of drug-likeness (QED) is 0.761. The van der Waals surface area contributed by atoms with Gasteiger partial charge in [0, 0.05) is 11.8 Å². The predicted octanol–water partition coefficient (Wildman–Crippen LogP) is 0.913. The highest BCUT2D eigenvalue weighted by Gasteiger charge is 2.08. The molecule has 2 rings (SSSR count). The van der Waals surface area contributed by atoms with Crippen molar-refractivity contribution in [3.63, 3.8) is 0 Å². The van der Waals surface area contributed by atoms with Crippen LogP contribution in [0.15, 0.2) is 34.2 Å². The Kier molecular flexibility index (Phi) is 5.37. The van der Waals surface area contributed by atoms with Gasteiger partial charge in [0.25, 0.3) is 0 Å². The first-order valence-electron chi connectivity index (χ1n) is 6.19. The number of benzene rings is 1. The summed E-state index contributed by atoms with van der Waals surface area (Å²) in [6, 6.07) is 5.06. The van der Waals surface area contributed by atoms with Crippen LogP contribution in [0.25, 0.3) is 0 Å². The third-order valence-electron chi connectivity index (χ3n) is 2.57. The van der Waals surface area contributed by atoms with Crippen molar-refractivity contribution in [1.82, 2.24) is 15.2 Å². The molecule has 0 fully saturated rings. The van der Waals surface area contributed by atoms with Crippen molar-refractivity contribution in [2.45, 2.75) is 5.03 Å². The topological polar surface area (TPSA) is 106 Å². The van der Waals surface area contributed by atoms with E-state index < -0.39 is 5.69 Å². The number of nitrogens with one attached hydrogen (secondary N) is 2. The summed E-state index contributed by atoms with van der Waals surface area (Å²) in [5.74, 6) is 0.966. The number of rotatable bonds is 6. The lowest BCUT2D eigenvalue weighted by atomic mass is 10.2. The largest absolute Gasteiger partial charge is 0.493 e. The van der Waals surface area contributed by atoms with Gasteiger partial charge in [-0.05, 0) is 12.1 Å². The number of thioether (sulfide) groups is 1. The molecule has 0 bridgehead atoms. The van der Waals surface area contributed by atoms with Crippen molar-refractivity contribution in [3.05, 3.63) is 34.9 Å². The Labute approximate surface area is 130 Å². The Hall–Kier alpha value is -2.55. The molecule has 0 aliphatic heterocycles. The zero-order valence-electron chi connectivity index (χ0n) is 12.0. The van der Waals surface area contributed by atoms with E-state index >= 15 is 0 Å². The van der Waals surface area contributed by atoms with E-state index in [1.54, 1.807) is 18.2 Å². The van der Waals surface area contributed by atoms with Gasteiger partial charge in [0.1, 0.15) is 5.03 Å². The molecule has 2 aromatic rings. The molecule has 0 aliphatic carbocycles. The van der Waals surface area contributed by atoms with Crippen LogP contribution in [-0.2, 0) is 4.79 Å². The van der Waals surface area contributed by atoms with Crippen LogP contribution in [0, 0.1) is 0 Å². The first kappa shape index (κ1) is 15.8. The maximum atomic E-state index is 11.9. The van der Waals surface area contributed by atoms with E-state index in [1.165, 1.54) is 20.4 Å². The van der Waals surface area contributed by atoms with Crippen molar-refractivity contribution in [3.8, 4) is 11.5 Å². The van der Waals surface area contributed by atoms with Gasteiger partial charge < -0.3 is 14.8 Å². The molecule has 9 heteroatoms. The average Bonchev–Trinajstić information content (AvgIpc) is 2.53. The highest BCUT2D eigenvalue weighted by molar-refractivity contribution is 7.99. The minimum Gasteiger partial charge on any atom is -0.493 e. The van der Waals surface area contributed by atoms with Crippen molar-refractivity contribution in [1.29, 1.82) is 0 Å². The molecule has 22 heavy (non-hydrogen) atoms. The number of nitrogens with zero attached hydrogens (tertiary/aromatic N) is 2. The number of amides is 1. The van der Waals surface area contributed by atoms with Gasteiger partial charge in [-0.15, -0.1) is 0 Å². The molecule has 1 heterocycles. The summed E-state index contributed by atoms with van der Waals surface area (Å²) in [6.45, 7) is 0. The van der Waals surface area contributed by atoms with E-state index in [4.69, 9.17) is 9.47 Å². The number of aromatic amines is 1. The number of ether oxygens (including phenoxy) is 2. The van der Waals surface area contributed by atoms with E-state index in [0.29, 0.717) is 22.2 Å². The number of anilines is 1. The van der Waals surface area contributed by atoms with Crippen LogP contribution in [0.5, 0.6) is 11.5 Å². The SMILES string of the molecule is COc1ccc(NC(=O)CSc2cn[nH]c(=O)n2)cc1OC. The molecule has 0 atom stereocenters. The molecule has 2 N–H and O–H groups in total. The van der Waals surface area contributed by atoms with E-state index in [-0.39, 0.29) is 11.7 Å². The van der Waals surface area contributed by atoms with Gasteiger partial charge in [-0.25, -0.2) is 9.89 Å². The standard InChI is InChI=1S/C13H14N4O4S/c1-20-9-4-3-8(5-10(9)21-2)15-11(18)7-22-12-6-14-17-13(19)16-12/h3-6H,7H2,1-2H3,(H,15,18)(H,16,17,19). The highest BCUT2D eigenvalue weighted by Crippen LogP contribution is 2.29. The lowest BCUT2D eigenvalue weighted by Crippen LogP contribution is -2.16. The van der Waals surface area contributed by atoms with Crippen LogP contribution in [0.2, 0.25) is 0 Å². The number of hydrogen-bond acceptors (Lipinski definition) is 7. The van der Waals surface area contributed by atoms with Crippen LogP contribution >= 0.6 is 11.8 Å². The van der Waals surface area contributed by atoms with Crippen LogP contribution in [0.1, 0.15) is 0 Å². The molecule has 8 nitrogen and oxygen atoms in total. The zero-order chi connectivity index (χ0) is 15.9. The average molecular weight is 322 g/mol. The fraction of sp³-hybridized carbons (Fsp3) is 0.231. The minimum absolute atomic E-state index is 0.104. The summed E-state index contributed by atoms with van der Waals surface area (Å²) in [5, 5.41) is 8.88. The van der Waals surface area contributed by atoms with Crippen molar-refractivity contribution in [2.75, 3.05) is 25.3 Å². The molecule has 0 aliphatic rings. The summed E-state index contributed by atoms with van der Waals surface area (Å²) in [7, 11) is 3.06. The van der Waals surface area contributed by atoms with E-state index in [1.807, 2.05) is 0 Å². The van der Waals surface area contributed by atoms with Crippen molar-refractivity contribution >= 4 is 23.4 Å². The minimum atomic E-state index is -0.551. The van der Waals surface area contributed by atoms with Gasteiger partial charge in [0.2, 0.25) is 5.91 Å². The summed E-state index contributed by atoms with van der Waals surface area (Å²) in [4.78, 5) is 26.5. The molecule has 1 amide bonds. The Morgan fingerprint density at radius 3 is 2.77 bits per heavy atom. The highest BCUT2D eigenvalue weighted by atomic mass is 32.2.